The quantitative estimate of drug-likeness (QED) is 0.731. The molecule has 0 unspecified atom stereocenters. The Balaban J connectivity index is 2.95. The van der Waals surface area contributed by atoms with Crippen LogP contribution in [0.5, 0.6) is 0 Å². The van der Waals surface area contributed by atoms with Gasteiger partial charge in [-0.25, -0.2) is 9.18 Å². The highest BCUT2D eigenvalue weighted by molar-refractivity contribution is 5.72. The summed E-state index contributed by atoms with van der Waals surface area (Å²) in [6.45, 7) is 2.13. The molecule has 2 heterocycles. The van der Waals surface area contributed by atoms with Crippen LogP contribution in [0.15, 0.2) is 22.0 Å². The third-order valence-electron chi connectivity index (χ3n) is 2.13. The van der Waals surface area contributed by atoms with Crippen LogP contribution in [-0.2, 0) is 6.54 Å². The first-order valence-electron chi connectivity index (χ1n) is 4.42. The lowest BCUT2D eigenvalue weighted by Crippen LogP contribution is -2.24. The van der Waals surface area contributed by atoms with Crippen LogP contribution in [0.4, 0.5) is 4.39 Å². The number of nitrogens with zero attached hydrogens (tertiary/aromatic N) is 2. The van der Waals surface area contributed by atoms with Crippen LogP contribution < -0.4 is 11.1 Å². The standard InChI is InChI=1S/C9H8FN3O2/c1-2-13-4-5-7(14)6(10)3-11-8(5)12-9(13)15/h3-4H,2H2,1H3,(H,11,12,15). The molecule has 6 heteroatoms. The summed E-state index contributed by atoms with van der Waals surface area (Å²) in [5.41, 5.74) is -1.11. The molecule has 1 N–H and O–H groups in total. The minimum atomic E-state index is -0.884. The lowest BCUT2D eigenvalue weighted by molar-refractivity contribution is 0.613. The van der Waals surface area contributed by atoms with Crippen molar-refractivity contribution in [3.05, 3.63) is 38.9 Å². The molecule has 0 atom stereocenters. The minimum Gasteiger partial charge on any atom is -0.343 e. The summed E-state index contributed by atoms with van der Waals surface area (Å²) < 4.78 is 14.2. The Hall–Kier alpha value is -1.98. The third-order valence-corrected chi connectivity index (χ3v) is 2.13. The number of aryl methyl sites for hydroxylation is 1. The van der Waals surface area contributed by atoms with E-state index < -0.39 is 16.9 Å². The number of aromatic nitrogens is 3. The van der Waals surface area contributed by atoms with Gasteiger partial charge in [0.15, 0.2) is 5.82 Å². The van der Waals surface area contributed by atoms with Crippen molar-refractivity contribution >= 4 is 11.0 Å². The second-order valence-corrected chi connectivity index (χ2v) is 3.04. The number of hydrogen-bond acceptors (Lipinski definition) is 3. The fourth-order valence-corrected chi connectivity index (χ4v) is 1.32. The normalized spacial score (nSPS) is 10.8. The van der Waals surface area contributed by atoms with E-state index in [1.54, 1.807) is 6.92 Å². The fraction of sp³-hybridized carbons (Fsp3) is 0.222. The lowest BCUT2D eigenvalue weighted by atomic mass is 10.3. The van der Waals surface area contributed by atoms with Gasteiger partial charge in [-0.15, -0.1) is 0 Å². The molecular weight excluding hydrogens is 201 g/mol. The number of pyridine rings is 1. The Bertz CT molecular complexity index is 629. The van der Waals surface area contributed by atoms with E-state index in [4.69, 9.17) is 0 Å². The van der Waals surface area contributed by atoms with Crippen molar-refractivity contribution in [3.8, 4) is 0 Å². The van der Waals surface area contributed by atoms with Crippen LogP contribution in [0.25, 0.3) is 11.0 Å². The molecule has 0 aromatic carbocycles. The first-order valence-corrected chi connectivity index (χ1v) is 4.42. The predicted molar refractivity (Wildman–Crippen MR) is 52.3 cm³/mol. The summed E-state index contributed by atoms with van der Waals surface area (Å²) >= 11 is 0. The molecule has 0 bridgehead atoms. The van der Waals surface area contributed by atoms with E-state index in [9.17, 15) is 14.0 Å². The molecule has 0 aliphatic heterocycles. The van der Waals surface area contributed by atoms with Gasteiger partial charge in [-0.3, -0.25) is 9.36 Å². The Labute approximate surface area is 83.2 Å². The van der Waals surface area contributed by atoms with Crippen molar-refractivity contribution in [2.45, 2.75) is 13.5 Å². The monoisotopic (exact) mass is 209 g/mol. The van der Waals surface area contributed by atoms with Gasteiger partial charge in [-0.05, 0) is 6.92 Å². The molecule has 0 saturated carbocycles. The molecule has 0 radical (unpaired) electrons. The van der Waals surface area contributed by atoms with Gasteiger partial charge in [0.05, 0.1) is 5.39 Å². The average molecular weight is 209 g/mol. The van der Waals surface area contributed by atoms with E-state index in [0.717, 1.165) is 6.20 Å². The zero-order valence-corrected chi connectivity index (χ0v) is 7.95. The van der Waals surface area contributed by atoms with Crippen LogP contribution >= 0.6 is 0 Å². The highest BCUT2D eigenvalue weighted by atomic mass is 19.1. The van der Waals surface area contributed by atoms with Crippen LogP contribution in [0.3, 0.4) is 0 Å². The van der Waals surface area contributed by atoms with Gasteiger partial charge >= 0.3 is 5.69 Å². The Kier molecular flexibility index (Phi) is 2.11. The highest BCUT2D eigenvalue weighted by Gasteiger charge is 2.07. The maximum Gasteiger partial charge on any atom is 0.349 e. The number of rotatable bonds is 1. The van der Waals surface area contributed by atoms with E-state index in [-0.39, 0.29) is 11.0 Å². The molecule has 0 fully saturated rings. The summed E-state index contributed by atoms with van der Waals surface area (Å²) in [6, 6.07) is 0. The Morgan fingerprint density at radius 2 is 2.27 bits per heavy atom. The first-order chi connectivity index (χ1) is 7.13. The van der Waals surface area contributed by atoms with Crippen molar-refractivity contribution in [2.75, 3.05) is 0 Å². The molecular formula is C9H8FN3O2. The Morgan fingerprint density at radius 1 is 1.53 bits per heavy atom. The van der Waals surface area contributed by atoms with Crippen molar-refractivity contribution in [1.82, 2.24) is 14.5 Å². The van der Waals surface area contributed by atoms with Crippen LogP contribution in [0.1, 0.15) is 6.92 Å². The summed E-state index contributed by atoms with van der Waals surface area (Å²) in [5, 5.41) is 0.0800. The molecule has 0 aliphatic carbocycles. The topological polar surface area (TPSA) is 67.8 Å². The third kappa shape index (κ3) is 1.43. The van der Waals surface area contributed by atoms with E-state index >= 15 is 0 Å². The van der Waals surface area contributed by atoms with E-state index in [1.165, 1.54) is 10.8 Å². The predicted octanol–water partition coefficient (Wildman–Crippen LogP) is 0.244. The Morgan fingerprint density at radius 3 is 2.93 bits per heavy atom. The summed E-state index contributed by atoms with van der Waals surface area (Å²) in [4.78, 5) is 28.7. The lowest BCUT2D eigenvalue weighted by Gasteiger charge is -2.01. The largest absolute Gasteiger partial charge is 0.349 e. The maximum absolute atomic E-state index is 12.9. The van der Waals surface area contributed by atoms with Crippen molar-refractivity contribution in [2.24, 2.45) is 0 Å². The molecule has 0 aliphatic rings. The van der Waals surface area contributed by atoms with Crippen LogP contribution in [-0.4, -0.2) is 14.5 Å². The maximum atomic E-state index is 12.9. The van der Waals surface area contributed by atoms with Crippen molar-refractivity contribution < 1.29 is 4.39 Å². The molecule has 78 valence electrons. The van der Waals surface area contributed by atoms with Gasteiger partial charge in [-0.2, -0.15) is 4.98 Å². The zero-order valence-electron chi connectivity index (χ0n) is 7.95. The van der Waals surface area contributed by atoms with E-state index in [0.29, 0.717) is 6.54 Å². The smallest absolute Gasteiger partial charge is 0.343 e. The van der Waals surface area contributed by atoms with Gasteiger partial charge in [0.25, 0.3) is 0 Å². The fourth-order valence-electron chi connectivity index (χ4n) is 1.32. The van der Waals surface area contributed by atoms with E-state index in [2.05, 4.69) is 9.97 Å². The first kappa shape index (κ1) is 9.57. The van der Waals surface area contributed by atoms with Gasteiger partial charge in [0.1, 0.15) is 5.65 Å². The number of nitrogens with one attached hydrogen (secondary N) is 1. The molecule has 2 aromatic rings. The van der Waals surface area contributed by atoms with Gasteiger partial charge < -0.3 is 4.98 Å². The summed E-state index contributed by atoms with van der Waals surface area (Å²) in [6.07, 6.45) is 2.21. The van der Waals surface area contributed by atoms with E-state index in [1.807, 2.05) is 0 Å². The van der Waals surface area contributed by atoms with Crippen LogP contribution in [0.2, 0.25) is 0 Å². The average Bonchev–Trinajstić information content (AvgIpc) is 2.23. The van der Waals surface area contributed by atoms with Gasteiger partial charge in [0, 0.05) is 18.9 Å². The summed E-state index contributed by atoms with van der Waals surface area (Å²) in [7, 11) is 0. The SMILES string of the molecule is CCn1cc2c(=O)c(F)c[nH]c2nc1=O. The van der Waals surface area contributed by atoms with Crippen LogP contribution in [0, 0.1) is 5.82 Å². The van der Waals surface area contributed by atoms with Crippen molar-refractivity contribution in [1.29, 1.82) is 0 Å². The molecule has 0 saturated heterocycles. The zero-order chi connectivity index (χ0) is 11.0. The summed E-state index contributed by atoms with van der Waals surface area (Å²) in [5.74, 6) is -0.884. The minimum absolute atomic E-state index is 0.0800. The molecule has 2 aromatic heterocycles. The molecule has 0 amide bonds. The molecule has 2 rings (SSSR count). The molecule has 0 spiro atoms. The van der Waals surface area contributed by atoms with Crippen molar-refractivity contribution in [3.63, 3.8) is 0 Å². The number of halogens is 1. The second kappa shape index (κ2) is 3.30. The van der Waals surface area contributed by atoms with Gasteiger partial charge in [-0.1, -0.05) is 0 Å². The number of aromatic amines is 1. The number of fused-ring (bicyclic) bond motifs is 1. The number of hydrogen-bond donors (Lipinski definition) is 1. The molecule has 15 heavy (non-hydrogen) atoms. The number of H-pyrrole nitrogens is 1. The second-order valence-electron chi connectivity index (χ2n) is 3.04. The highest BCUT2D eigenvalue weighted by Crippen LogP contribution is 2.01. The van der Waals surface area contributed by atoms with Gasteiger partial charge in [0.2, 0.25) is 5.43 Å². The molecule has 5 nitrogen and oxygen atoms in total.